The van der Waals surface area contributed by atoms with Crippen molar-refractivity contribution in [2.24, 2.45) is 0 Å². The number of hydrogen-bond acceptors (Lipinski definition) is 2. The number of rotatable bonds is 5. The van der Waals surface area contributed by atoms with Gasteiger partial charge in [-0.1, -0.05) is 11.6 Å². The monoisotopic (exact) mass is 318 g/mol. The maximum absolute atomic E-state index is 13.7. The summed E-state index contributed by atoms with van der Waals surface area (Å²) in [6, 6.07) is 2.94. The summed E-state index contributed by atoms with van der Waals surface area (Å²) in [7, 11) is 0. The van der Waals surface area contributed by atoms with Crippen molar-refractivity contribution in [1.29, 1.82) is 0 Å². The van der Waals surface area contributed by atoms with Gasteiger partial charge in [0.25, 0.3) is 0 Å². The van der Waals surface area contributed by atoms with E-state index in [1.807, 2.05) is 25.3 Å². The Morgan fingerprint density at radius 1 is 1.40 bits per heavy atom. The Bertz CT molecular complexity index is 613. The molecule has 0 radical (unpaired) electrons. The Morgan fingerprint density at radius 2 is 2.10 bits per heavy atom. The van der Waals surface area contributed by atoms with Crippen LogP contribution in [0.1, 0.15) is 38.0 Å². The molecule has 20 heavy (non-hydrogen) atoms. The molecule has 0 fully saturated rings. The number of halogens is 3. The fraction of sp³-hybridized carbons (Fsp3) is 0.500. The highest BCUT2D eigenvalue weighted by molar-refractivity contribution is 6.31. The molecular weight excluding hydrogens is 302 g/mol. The van der Waals surface area contributed by atoms with E-state index in [-0.39, 0.29) is 16.4 Å². The predicted octanol–water partition coefficient (Wildman–Crippen LogP) is 4.73. The summed E-state index contributed by atoms with van der Waals surface area (Å²) in [6.07, 6.45) is 0. The molecule has 0 aliphatic carbocycles. The van der Waals surface area contributed by atoms with E-state index in [9.17, 15) is 4.39 Å². The van der Waals surface area contributed by atoms with Crippen molar-refractivity contribution in [3.63, 3.8) is 0 Å². The van der Waals surface area contributed by atoms with Gasteiger partial charge >= 0.3 is 0 Å². The summed E-state index contributed by atoms with van der Waals surface area (Å²) >= 11 is 12.0. The molecule has 0 amide bonds. The van der Waals surface area contributed by atoms with Crippen molar-refractivity contribution in [2.45, 2.75) is 32.2 Å². The van der Waals surface area contributed by atoms with Gasteiger partial charge < -0.3 is 9.30 Å². The molecule has 1 aromatic carbocycles. The van der Waals surface area contributed by atoms with E-state index < -0.39 is 5.82 Å². The average molecular weight is 319 g/mol. The van der Waals surface area contributed by atoms with Crippen LogP contribution in [0.15, 0.2) is 12.1 Å². The van der Waals surface area contributed by atoms with E-state index >= 15 is 0 Å². The molecule has 0 saturated carbocycles. The van der Waals surface area contributed by atoms with Gasteiger partial charge in [0.15, 0.2) is 0 Å². The molecule has 2 rings (SSSR count). The second-order valence-electron chi connectivity index (χ2n) is 4.72. The first-order valence-corrected chi connectivity index (χ1v) is 7.35. The summed E-state index contributed by atoms with van der Waals surface area (Å²) in [6.45, 7) is 6.91. The second kappa shape index (κ2) is 6.29. The first-order chi connectivity index (χ1) is 9.45. The Morgan fingerprint density at radius 3 is 2.70 bits per heavy atom. The number of benzene rings is 1. The lowest BCUT2D eigenvalue weighted by Crippen LogP contribution is -2.15. The number of fused-ring (bicyclic) bond motifs is 1. The average Bonchev–Trinajstić information content (AvgIpc) is 2.75. The Balaban J connectivity index is 2.58. The number of nitrogens with zero attached hydrogens (tertiary/aromatic N) is 2. The quantitative estimate of drug-likeness (QED) is 0.745. The minimum atomic E-state index is -0.460. The van der Waals surface area contributed by atoms with Gasteiger partial charge in [-0.25, -0.2) is 9.37 Å². The topological polar surface area (TPSA) is 27.1 Å². The van der Waals surface area contributed by atoms with Crippen LogP contribution in [-0.4, -0.2) is 22.8 Å². The van der Waals surface area contributed by atoms with E-state index in [4.69, 9.17) is 27.9 Å². The summed E-state index contributed by atoms with van der Waals surface area (Å²) < 4.78 is 21.1. The van der Waals surface area contributed by atoms with Crippen LogP contribution in [0.2, 0.25) is 5.02 Å². The van der Waals surface area contributed by atoms with Crippen molar-refractivity contribution in [3.8, 4) is 0 Å². The maximum atomic E-state index is 13.7. The lowest BCUT2D eigenvalue weighted by molar-refractivity contribution is 0.119. The molecule has 2 unspecified atom stereocenters. The zero-order valence-corrected chi connectivity index (χ0v) is 13.2. The Labute approximate surface area is 127 Å². The molecular formula is C14H17Cl2FN2O. The van der Waals surface area contributed by atoms with Crippen molar-refractivity contribution < 1.29 is 9.13 Å². The molecule has 1 aromatic heterocycles. The molecule has 6 heteroatoms. The van der Waals surface area contributed by atoms with Gasteiger partial charge in [0.2, 0.25) is 0 Å². The van der Waals surface area contributed by atoms with Gasteiger partial charge in [-0.2, -0.15) is 0 Å². The van der Waals surface area contributed by atoms with Crippen LogP contribution in [0.5, 0.6) is 0 Å². The lowest BCUT2D eigenvalue weighted by atomic mass is 10.2. The first kappa shape index (κ1) is 15.5. The van der Waals surface area contributed by atoms with Crippen molar-refractivity contribution >= 4 is 34.2 Å². The highest BCUT2D eigenvalue weighted by Crippen LogP contribution is 2.30. The van der Waals surface area contributed by atoms with Gasteiger partial charge in [0, 0.05) is 12.7 Å². The fourth-order valence-corrected chi connectivity index (χ4v) is 2.53. The Kier molecular flexibility index (Phi) is 4.89. The number of imidazole rings is 1. The molecule has 0 N–H and O–H groups in total. The molecule has 0 aliphatic heterocycles. The van der Waals surface area contributed by atoms with Crippen LogP contribution in [0.25, 0.3) is 11.0 Å². The second-order valence-corrected chi connectivity index (χ2v) is 5.78. The highest BCUT2D eigenvalue weighted by atomic mass is 35.5. The van der Waals surface area contributed by atoms with E-state index in [1.165, 1.54) is 12.1 Å². The van der Waals surface area contributed by atoms with Gasteiger partial charge in [-0.05, 0) is 26.8 Å². The maximum Gasteiger partial charge on any atom is 0.144 e. The van der Waals surface area contributed by atoms with Gasteiger partial charge in [-0.3, -0.25) is 0 Å². The third kappa shape index (κ3) is 2.92. The smallest absolute Gasteiger partial charge is 0.144 e. The SMILES string of the molecule is CCOCC(C)n1c(C(C)Cl)nc2cc(Cl)c(F)cc21. The van der Waals surface area contributed by atoms with Gasteiger partial charge in [0.1, 0.15) is 11.6 Å². The lowest BCUT2D eigenvalue weighted by Gasteiger charge is -2.18. The Hall–Kier alpha value is -0.840. The third-order valence-electron chi connectivity index (χ3n) is 3.12. The first-order valence-electron chi connectivity index (χ1n) is 6.54. The van der Waals surface area contributed by atoms with Crippen LogP contribution in [0.3, 0.4) is 0 Å². The predicted molar refractivity (Wildman–Crippen MR) is 80.2 cm³/mol. The van der Waals surface area contributed by atoms with Crippen LogP contribution in [0, 0.1) is 5.82 Å². The minimum Gasteiger partial charge on any atom is -0.380 e. The molecule has 1 heterocycles. The highest BCUT2D eigenvalue weighted by Gasteiger charge is 2.20. The summed E-state index contributed by atoms with van der Waals surface area (Å²) in [5, 5.41) is -0.221. The van der Waals surface area contributed by atoms with Gasteiger partial charge in [-0.15, -0.1) is 11.6 Å². The van der Waals surface area contributed by atoms with E-state index in [0.717, 1.165) is 0 Å². The van der Waals surface area contributed by atoms with Crippen molar-refractivity contribution in [1.82, 2.24) is 9.55 Å². The largest absolute Gasteiger partial charge is 0.380 e. The minimum absolute atomic E-state index is 0.0109. The molecule has 110 valence electrons. The van der Waals surface area contributed by atoms with Gasteiger partial charge in [0.05, 0.1) is 34.1 Å². The molecule has 0 aliphatic rings. The molecule has 0 saturated heterocycles. The van der Waals surface area contributed by atoms with Crippen molar-refractivity contribution in [2.75, 3.05) is 13.2 Å². The number of ether oxygens (including phenoxy) is 1. The van der Waals surface area contributed by atoms with E-state index in [1.54, 1.807) is 0 Å². The summed E-state index contributed by atoms with van der Waals surface area (Å²) in [5.74, 6) is 0.230. The van der Waals surface area contributed by atoms with Crippen LogP contribution in [-0.2, 0) is 4.74 Å². The standard InChI is InChI=1S/C14H17Cl2FN2O/c1-4-20-7-8(2)19-13-6-11(17)10(16)5-12(13)18-14(19)9(3)15/h5-6,8-9H,4,7H2,1-3H3. The number of hydrogen-bond donors (Lipinski definition) is 0. The van der Waals surface area contributed by atoms with Crippen LogP contribution in [0.4, 0.5) is 4.39 Å². The van der Waals surface area contributed by atoms with E-state index in [2.05, 4.69) is 4.98 Å². The zero-order valence-electron chi connectivity index (χ0n) is 11.7. The van der Waals surface area contributed by atoms with Crippen LogP contribution < -0.4 is 0 Å². The normalized spacial score (nSPS) is 14.7. The molecule has 3 nitrogen and oxygen atoms in total. The zero-order chi connectivity index (χ0) is 14.9. The fourth-order valence-electron chi connectivity index (χ4n) is 2.22. The number of aromatic nitrogens is 2. The summed E-state index contributed by atoms with van der Waals surface area (Å²) in [4.78, 5) is 4.47. The van der Waals surface area contributed by atoms with E-state index in [0.29, 0.717) is 30.1 Å². The molecule has 0 spiro atoms. The van der Waals surface area contributed by atoms with Crippen molar-refractivity contribution in [3.05, 3.63) is 28.8 Å². The van der Waals surface area contributed by atoms with Crippen LogP contribution >= 0.6 is 23.2 Å². The molecule has 2 atom stereocenters. The molecule has 2 aromatic rings. The third-order valence-corrected chi connectivity index (χ3v) is 3.60. The summed E-state index contributed by atoms with van der Waals surface area (Å²) in [5.41, 5.74) is 1.32. The molecule has 0 bridgehead atoms. The number of alkyl halides is 1.